The average Bonchev–Trinajstić information content (AvgIpc) is 3.04. The van der Waals surface area contributed by atoms with Crippen LogP contribution in [0.4, 0.5) is 0 Å². The maximum absolute atomic E-state index is 12.8. The highest BCUT2D eigenvalue weighted by Gasteiger charge is 2.29. The van der Waals surface area contributed by atoms with E-state index >= 15 is 0 Å². The SMILES string of the molecule is Cn1nc(C2CCCN(C(=O)Cc3ccccc3)C2)n(-c2ccccc2)c1=O. The highest BCUT2D eigenvalue weighted by Crippen LogP contribution is 2.27. The zero-order chi connectivity index (χ0) is 19.5. The molecule has 6 nitrogen and oxygen atoms in total. The average molecular weight is 376 g/mol. The minimum atomic E-state index is -0.158. The van der Waals surface area contributed by atoms with E-state index in [0.29, 0.717) is 13.0 Å². The second-order valence-corrected chi connectivity index (χ2v) is 7.28. The summed E-state index contributed by atoms with van der Waals surface area (Å²) in [7, 11) is 1.67. The first-order valence-corrected chi connectivity index (χ1v) is 9.66. The molecule has 1 aliphatic rings. The number of para-hydroxylation sites is 1. The van der Waals surface area contributed by atoms with Gasteiger partial charge in [-0.1, -0.05) is 48.5 Å². The first kappa shape index (κ1) is 18.2. The number of aryl methyl sites for hydroxylation is 1. The number of rotatable bonds is 4. The number of aromatic nitrogens is 3. The van der Waals surface area contributed by atoms with Crippen LogP contribution in [0.15, 0.2) is 65.5 Å². The molecule has 1 amide bonds. The molecule has 0 aliphatic carbocycles. The van der Waals surface area contributed by atoms with Crippen molar-refractivity contribution < 1.29 is 4.79 Å². The van der Waals surface area contributed by atoms with E-state index in [-0.39, 0.29) is 17.5 Å². The Morgan fingerprint density at radius 1 is 1.07 bits per heavy atom. The van der Waals surface area contributed by atoms with Gasteiger partial charge < -0.3 is 4.90 Å². The predicted molar refractivity (Wildman–Crippen MR) is 108 cm³/mol. The smallest absolute Gasteiger partial charge is 0.342 e. The van der Waals surface area contributed by atoms with E-state index in [0.717, 1.165) is 36.5 Å². The number of piperidine rings is 1. The molecule has 3 aromatic rings. The molecule has 0 N–H and O–H groups in total. The lowest BCUT2D eigenvalue weighted by Crippen LogP contribution is -2.40. The van der Waals surface area contributed by atoms with Crippen molar-refractivity contribution >= 4 is 5.91 Å². The van der Waals surface area contributed by atoms with Crippen LogP contribution in [-0.2, 0) is 18.3 Å². The summed E-state index contributed by atoms with van der Waals surface area (Å²) in [6.07, 6.45) is 2.23. The highest BCUT2D eigenvalue weighted by molar-refractivity contribution is 5.79. The Kier molecular flexibility index (Phi) is 5.10. The molecule has 144 valence electrons. The van der Waals surface area contributed by atoms with Gasteiger partial charge in [-0.15, -0.1) is 0 Å². The van der Waals surface area contributed by atoms with Crippen LogP contribution in [0.5, 0.6) is 0 Å². The Balaban J connectivity index is 1.58. The largest absolute Gasteiger partial charge is 0.350 e. The van der Waals surface area contributed by atoms with Crippen LogP contribution >= 0.6 is 0 Å². The first-order chi connectivity index (χ1) is 13.6. The lowest BCUT2D eigenvalue weighted by Gasteiger charge is -2.32. The van der Waals surface area contributed by atoms with Gasteiger partial charge in [0, 0.05) is 26.1 Å². The number of carbonyl (C=O) groups is 1. The standard InChI is InChI=1S/C22H24N4O2/c1-24-22(28)26(19-12-6-3-7-13-19)21(23-24)18-11-8-14-25(16-18)20(27)15-17-9-4-2-5-10-17/h2-7,9-10,12-13,18H,8,11,14-16H2,1H3. The van der Waals surface area contributed by atoms with Crippen LogP contribution in [0.1, 0.15) is 30.1 Å². The van der Waals surface area contributed by atoms with E-state index in [4.69, 9.17) is 0 Å². The molecule has 1 atom stereocenters. The molecule has 1 fully saturated rings. The monoisotopic (exact) mass is 376 g/mol. The van der Waals surface area contributed by atoms with Crippen LogP contribution in [0, 0.1) is 0 Å². The van der Waals surface area contributed by atoms with E-state index in [1.54, 1.807) is 11.6 Å². The molecule has 0 spiro atoms. The molecule has 1 unspecified atom stereocenters. The summed E-state index contributed by atoms with van der Waals surface area (Å²) in [6, 6.07) is 19.4. The van der Waals surface area contributed by atoms with Gasteiger partial charge in [-0.3, -0.25) is 4.79 Å². The Labute approximate surface area is 164 Å². The molecule has 6 heteroatoms. The molecule has 0 radical (unpaired) electrons. The van der Waals surface area contributed by atoms with Gasteiger partial charge in [0.15, 0.2) is 0 Å². The first-order valence-electron chi connectivity index (χ1n) is 9.66. The Bertz CT molecular complexity index is 1010. The summed E-state index contributed by atoms with van der Waals surface area (Å²) < 4.78 is 3.06. The maximum Gasteiger partial charge on any atom is 0.350 e. The van der Waals surface area contributed by atoms with E-state index in [1.807, 2.05) is 65.6 Å². The molecule has 1 aromatic heterocycles. The predicted octanol–water partition coefficient (Wildman–Crippen LogP) is 2.52. The number of hydrogen-bond donors (Lipinski definition) is 0. The second kappa shape index (κ2) is 7.84. The lowest BCUT2D eigenvalue weighted by atomic mass is 9.96. The molecule has 1 saturated heterocycles. The van der Waals surface area contributed by atoms with Gasteiger partial charge in [0.1, 0.15) is 5.82 Å². The Hall–Kier alpha value is -3.15. The maximum atomic E-state index is 12.8. The van der Waals surface area contributed by atoms with Gasteiger partial charge in [-0.2, -0.15) is 5.10 Å². The van der Waals surface area contributed by atoms with Crippen molar-refractivity contribution in [2.75, 3.05) is 13.1 Å². The van der Waals surface area contributed by atoms with Gasteiger partial charge in [-0.05, 0) is 30.5 Å². The fourth-order valence-corrected chi connectivity index (χ4v) is 3.86. The molecule has 0 saturated carbocycles. The molecule has 1 aliphatic heterocycles. The Morgan fingerprint density at radius 3 is 2.46 bits per heavy atom. The fourth-order valence-electron chi connectivity index (χ4n) is 3.86. The highest BCUT2D eigenvalue weighted by atomic mass is 16.2. The van der Waals surface area contributed by atoms with E-state index in [2.05, 4.69) is 5.10 Å². The van der Waals surface area contributed by atoms with Crippen LogP contribution < -0.4 is 5.69 Å². The van der Waals surface area contributed by atoms with Gasteiger partial charge in [0.25, 0.3) is 0 Å². The molecular formula is C22H24N4O2. The third-order valence-corrected chi connectivity index (χ3v) is 5.30. The van der Waals surface area contributed by atoms with Crippen molar-refractivity contribution in [1.29, 1.82) is 0 Å². The summed E-state index contributed by atoms with van der Waals surface area (Å²) >= 11 is 0. The minimum absolute atomic E-state index is 0.0441. The van der Waals surface area contributed by atoms with Crippen molar-refractivity contribution in [3.05, 3.63) is 82.5 Å². The second-order valence-electron chi connectivity index (χ2n) is 7.28. The molecule has 2 heterocycles. The molecule has 28 heavy (non-hydrogen) atoms. The summed E-state index contributed by atoms with van der Waals surface area (Å²) in [5, 5.41) is 4.52. The topological polar surface area (TPSA) is 60.1 Å². The van der Waals surface area contributed by atoms with Crippen LogP contribution in [0.2, 0.25) is 0 Å². The minimum Gasteiger partial charge on any atom is -0.342 e. The molecular weight excluding hydrogens is 352 g/mol. The zero-order valence-corrected chi connectivity index (χ0v) is 16.0. The summed E-state index contributed by atoms with van der Waals surface area (Å²) in [4.78, 5) is 27.4. The third-order valence-electron chi connectivity index (χ3n) is 5.30. The van der Waals surface area contributed by atoms with Crippen molar-refractivity contribution in [3.63, 3.8) is 0 Å². The van der Waals surface area contributed by atoms with Crippen molar-refractivity contribution in [2.45, 2.75) is 25.2 Å². The zero-order valence-electron chi connectivity index (χ0n) is 16.0. The number of benzene rings is 2. The fraction of sp³-hybridized carbons (Fsp3) is 0.318. The number of likely N-dealkylation sites (tertiary alicyclic amines) is 1. The van der Waals surface area contributed by atoms with Gasteiger partial charge in [0.2, 0.25) is 5.91 Å². The number of carbonyl (C=O) groups excluding carboxylic acids is 1. The summed E-state index contributed by atoms with van der Waals surface area (Å²) in [5.41, 5.74) is 1.67. The molecule has 4 rings (SSSR count). The van der Waals surface area contributed by atoms with Crippen LogP contribution in [-0.4, -0.2) is 38.2 Å². The number of nitrogens with zero attached hydrogens (tertiary/aromatic N) is 4. The van der Waals surface area contributed by atoms with E-state index in [9.17, 15) is 9.59 Å². The molecule has 0 bridgehead atoms. The number of hydrogen-bond acceptors (Lipinski definition) is 3. The van der Waals surface area contributed by atoms with Crippen LogP contribution in [0.3, 0.4) is 0 Å². The van der Waals surface area contributed by atoms with Crippen molar-refractivity contribution in [2.24, 2.45) is 7.05 Å². The van der Waals surface area contributed by atoms with Crippen molar-refractivity contribution in [1.82, 2.24) is 19.2 Å². The lowest BCUT2D eigenvalue weighted by molar-refractivity contribution is -0.131. The quantitative estimate of drug-likeness (QED) is 0.703. The Morgan fingerprint density at radius 2 is 1.75 bits per heavy atom. The van der Waals surface area contributed by atoms with E-state index < -0.39 is 0 Å². The summed E-state index contributed by atoms with van der Waals surface area (Å²) in [5.74, 6) is 0.902. The van der Waals surface area contributed by atoms with Gasteiger partial charge >= 0.3 is 5.69 Å². The number of amides is 1. The van der Waals surface area contributed by atoms with Gasteiger partial charge in [0.05, 0.1) is 12.1 Å². The molecule has 2 aromatic carbocycles. The summed E-state index contributed by atoms with van der Waals surface area (Å²) in [6.45, 7) is 1.35. The van der Waals surface area contributed by atoms with Gasteiger partial charge in [-0.25, -0.2) is 14.0 Å². The normalized spacial score (nSPS) is 16.9. The third kappa shape index (κ3) is 3.63. The van der Waals surface area contributed by atoms with Crippen LogP contribution in [0.25, 0.3) is 5.69 Å². The van der Waals surface area contributed by atoms with E-state index in [1.165, 1.54) is 4.68 Å². The van der Waals surface area contributed by atoms with Crippen molar-refractivity contribution in [3.8, 4) is 5.69 Å².